The van der Waals surface area contributed by atoms with Gasteiger partial charge in [-0.15, -0.1) is 0 Å². The highest BCUT2D eigenvalue weighted by Crippen LogP contribution is 2.40. The SMILES string of the molecule is c1ccc2c(c1)C1CC[C@H]2NC1. The Bertz CT molecular complexity index is 267. The minimum atomic E-state index is 0.659. The molecular formula is C11H13N. The monoisotopic (exact) mass is 159 g/mol. The summed E-state index contributed by atoms with van der Waals surface area (Å²) in [6.45, 7) is 1.20. The summed E-state index contributed by atoms with van der Waals surface area (Å²) < 4.78 is 0. The molecule has 0 spiro atoms. The van der Waals surface area contributed by atoms with Crippen molar-refractivity contribution < 1.29 is 0 Å². The summed E-state index contributed by atoms with van der Waals surface area (Å²) in [6.07, 6.45) is 2.72. The zero-order chi connectivity index (χ0) is 7.97. The molecule has 1 nitrogen and oxygen atoms in total. The van der Waals surface area contributed by atoms with E-state index in [0.29, 0.717) is 6.04 Å². The van der Waals surface area contributed by atoms with E-state index >= 15 is 0 Å². The van der Waals surface area contributed by atoms with Gasteiger partial charge in [0, 0.05) is 12.6 Å². The molecular weight excluding hydrogens is 146 g/mol. The van der Waals surface area contributed by atoms with E-state index in [1.54, 1.807) is 11.1 Å². The van der Waals surface area contributed by atoms with Gasteiger partial charge in [0.2, 0.25) is 0 Å². The number of rotatable bonds is 0. The van der Waals surface area contributed by atoms with Gasteiger partial charge in [0.1, 0.15) is 0 Å². The van der Waals surface area contributed by atoms with Gasteiger partial charge in [-0.25, -0.2) is 0 Å². The summed E-state index contributed by atoms with van der Waals surface area (Å²) in [6, 6.07) is 9.55. The highest BCUT2D eigenvalue weighted by atomic mass is 14.9. The third kappa shape index (κ3) is 0.774. The molecule has 3 aliphatic rings. The van der Waals surface area contributed by atoms with Crippen molar-refractivity contribution in [3.63, 3.8) is 0 Å². The van der Waals surface area contributed by atoms with Gasteiger partial charge in [0.15, 0.2) is 0 Å². The molecule has 0 saturated carbocycles. The number of fused-ring (bicyclic) bond motifs is 2. The third-order valence-corrected chi connectivity index (χ3v) is 3.23. The Kier molecular flexibility index (Phi) is 1.30. The zero-order valence-electron chi connectivity index (χ0n) is 7.09. The first-order valence-electron chi connectivity index (χ1n) is 4.77. The highest BCUT2D eigenvalue weighted by Gasteiger charge is 2.31. The first kappa shape index (κ1) is 6.67. The van der Waals surface area contributed by atoms with Crippen molar-refractivity contribution in [3.05, 3.63) is 35.4 Å². The van der Waals surface area contributed by atoms with E-state index in [2.05, 4.69) is 29.6 Å². The maximum atomic E-state index is 3.57. The van der Waals surface area contributed by atoms with E-state index < -0.39 is 0 Å². The number of benzene rings is 1. The van der Waals surface area contributed by atoms with Gasteiger partial charge in [-0.1, -0.05) is 24.3 Å². The minimum Gasteiger partial charge on any atom is -0.309 e. The number of nitrogens with one attached hydrogen (secondary N) is 1. The number of hydrogen-bond donors (Lipinski definition) is 1. The van der Waals surface area contributed by atoms with E-state index in [1.165, 1.54) is 19.4 Å². The largest absolute Gasteiger partial charge is 0.309 e. The molecule has 2 bridgehead atoms. The fourth-order valence-corrected chi connectivity index (χ4v) is 2.59. The van der Waals surface area contributed by atoms with Gasteiger partial charge in [0.05, 0.1) is 0 Å². The van der Waals surface area contributed by atoms with Crippen LogP contribution in [0.3, 0.4) is 0 Å². The van der Waals surface area contributed by atoms with Crippen LogP contribution in [0, 0.1) is 0 Å². The topological polar surface area (TPSA) is 12.0 Å². The molecule has 12 heavy (non-hydrogen) atoms. The van der Waals surface area contributed by atoms with Crippen LogP contribution in [0.15, 0.2) is 24.3 Å². The van der Waals surface area contributed by atoms with Crippen molar-refractivity contribution >= 4 is 0 Å². The van der Waals surface area contributed by atoms with Crippen LogP contribution in [0.5, 0.6) is 0 Å². The van der Waals surface area contributed by atoms with Crippen LogP contribution in [0.25, 0.3) is 0 Å². The summed E-state index contributed by atoms with van der Waals surface area (Å²) in [5, 5.41) is 3.57. The Balaban J connectivity index is 2.19. The maximum absolute atomic E-state index is 3.57. The molecule has 2 aliphatic heterocycles. The standard InChI is InChI=1S/C11H13N/c1-2-4-10-9(3-1)8-5-6-11(10)12-7-8/h1-4,8,11-12H,5-7H2/t8?,11-/m1/s1. The summed E-state index contributed by atoms with van der Waals surface area (Å²) >= 11 is 0. The fourth-order valence-electron chi connectivity index (χ4n) is 2.59. The van der Waals surface area contributed by atoms with Crippen molar-refractivity contribution in [1.82, 2.24) is 5.32 Å². The molecule has 1 aromatic carbocycles. The highest BCUT2D eigenvalue weighted by molar-refractivity contribution is 5.37. The van der Waals surface area contributed by atoms with Crippen molar-refractivity contribution in [2.45, 2.75) is 24.8 Å². The lowest BCUT2D eigenvalue weighted by atomic mass is 9.76. The Morgan fingerprint density at radius 3 is 2.58 bits per heavy atom. The van der Waals surface area contributed by atoms with E-state index in [4.69, 9.17) is 0 Å². The van der Waals surface area contributed by atoms with E-state index in [-0.39, 0.29) is 0 Å². The third-order valence-electron chi connectivity index (χ3n) is 3.23. The van der Waals surface area contributed by atoms with Gasteiger partial charge in [-0.05, 0) is 29.9 Å². The molecule has 1 heteroatoms. The van der Waals surface area contributed by atoms with Gasteiger partial charge in [0.25, 0.3) is 0 Å². The van der Waals surface area contributed by atoms with Crippen LogP contribution in [0.1, 0.15) is 35.9 Å². The summed E-state index contributed by atoms with van der Waals surface area (Å²) in [5.74, 6) is 0.797. The molecule has 0 amide bonds. The predicted molar refractivity (Wildman–Crippen MR) is 49.2 cm³/mol. The lowest BCUT2D eigenvalue weighted by molar-refractivity contribution is 0.338. The molecule has 1 saturated heterocycles. The van der Waals surface area contributed by atoms with Crippen LogP contribution in [0.2, 0.25) is 0 Å². The molecule has 62 valence electrons. The molecule has 2 atom stereocenters. The smallest absolute Gasteiger partial charge is 0.0323 e. The second-order valence-corrected chi connectivity index (χ2v) is 3.86. The molecule has 1 aromatic rings. The van der Waals surface area contributed by atoms with E-state index in [0.717, 1.165) is 5.92 Å². The lowest BCUT2D eigenvalue weighted by Gasteiger charge is -2.39. The summed E-state index contributed by atoms with van der Waals surface area (Å²) in [4.78, 5) is 0. The Hall–Kier alpha value is -0.820. The van der Waals surface area contributed by atoms with Gasteiger partial charge in [-0.2, -0.15) is 0 Å². The molecule has 0 radical (unpaired) electrons. The molecule has 1 fully saturated rings. The first-order chi connectivity index (χ1) is 5.95. The minimum absolute atomic E-state index is 0.659. The van der Waals surface area contributed by atoms with Crippen LogP contribution < -0.4 is 5.32 Å². The van der Waals surface area contributed by atoms with Crippen LogP contribution in [0.4, 0.5) is 0 Å². The second kappa shape index (κ2) is 2.33. The first-order valence-corrected chi connectivity index (χ1v) is 4.77. The number of piperidine rings is 1. The maximum Gasteiger partial charge on any atom is 0.0323 e. The van der Waals surface area contributed by atoms with Crippen molar-refractivity contribution in [3.8, 4) is 0 Å². The number of hydrogen-bond acceptors (Lipinski definition) is 1. The zero-order valence-corrected chi connectivity index (χ0v) is 7.09. The Labute approximate surface area is 72.8 Å². The average molecular weight is 159 g/mol. The second-order valence-electron chi connectivity index (χ2n) is 3.86. The van der Waals surface area contributed by atoms with Crippen molar-refractivity contribution in [2.75, 3.05) is 6.54 Å². The Morgan fingerprint density at radius 2 is 1.92 bits per heavy atom. The molecule has 2 heterocycles. The van der Waals surface area contributed by atoms with Crippen LogP contribution >= 0.6 is 0 Å². The lowest BCUT2D eigenvalue weighted by Crippen LogP contribution is -2.38. The molecule has 0 aromatic heterocycles. The van der Waals surface area contributed by atoms with Crippen molar-refractivity contribution in [1.29, 1.82) is 0 Å². The quantitative estimate of drug-likeness (QED) is 0.612. The molecule has 4 rings (SSSR count). The van der Waals surface area contributed by atoms with Crippen LogP contribution in [-0.4, -0.2) is 6.54 Å². The van der Waals surface area contributed by atoms with Crippen LogP contribution in [-0.2, 0) is 0 Å². The van der Waals surface area contributed by atoms with E-state index in [1.807, 2.05) is 0 Å². The average Bonchev–Trinajstić information content (AvgIpc) is 2.20. The molecule has 1 aliphatic carbocycles. The molecule has 1 N–H and O–H groups in total. The van der Waals surface area contributed by atoms with Gasteiger partial charge in [-0.3, -0.25) is 0 Å². The van der Waals surface area contributed by atoms with E-state index in [9.17, 15) is 0 Å². The summed E-state index contributed by atoms with van der Waals surface area (Å²) in [7, 11) is 0. The van der Waals surface area contributed by atoms with Gasteiger partial charge >= 0.3 is 0 Å². The van der Waals surface area contributed by atoms with Gasteiger partial charge < -0.3 is 5.32 Å². The molecule has 1 unspecified atom stereocenters. The normalized spacial score (nSPS) is 31.7. The van der Waals surface area contributed by atoms with Crippen molar-refractivity contribution in [2.24, 2.45) is 0 Å². The fraction of sp³-hybridized carbons (Fsp3) is 0.455. The predicted octanol–water partition coefficient (Wildman–Crippen LogP) is 2.21. The summed E-state index contributed by atoms with van der Waals surface area (Å²) in [5.41, 5.74) is 3.16. The Morgan fingerprint density at radius 1 is 1.08 bits per heavy atom.